The van der Waals surface area contributed by atoms with Crippen LogP contribution >= 0.6 is 0 Å². The van der Waals surface area contributed by atoms with E-state index in [1.165, 1.54) is 13.2 Å². The highest BCUT2D eigenvalue weighted by Crippen LogP contribution is 2.36. The molecule has 0 heterocycles. The quantitative estimate of drug-likeness (QED) is 0.744. The van der Waals surface area contributed by atoms with E-state index < -0.39 is 11.7 Å². The molecule has 0 radical (unpaired) electrons. The zero-order valence-electron chi connectivity index (χ0n) is 9.80. The van der Waals surface area contributed by atoms with Crippen LogP contribution in [0.4, 0.5) is 13.2 Å². The molecule has 0 spiro atoms. The van der Waals surface area contributed by atoms with Crippen molar-refractivity contribution in [1.82, 2.24) is 0 Å². The molecular formula is C12H15F3O2. The molecule has 2 nitrogen and oxygen atoms in total. The number of alkyl halides is 3. The molecule has 0 N–H and O–H groups in total. The summed E-state index contributed by atoms with van der Waals surface area (Å²) in [5.41, 5.74) is -0.0932. The van der Waals surface area contributed by atoms with E-state index in [0.717, 1.165) is 6.07 Å². The van der Waals surface area contributed by atoms with Crippen molar-refractivity contribution >= 4 is 0 Å². The molecule has 0 bridgehead atoms. The second-order valence-corrected chi connectivity index (χ2v) is 3.52. The Morgan fingerprint density at radius 3 is 2.41 bits per heavy atom. The molecule has 0 amide bonds. The van der Waals surface area contributed by atoms with E-state index in [0.29, 0.717) is 12.0 Å². The highest BCUT2D eigenvalue weighted by molar-refractivity contribution is 5.39. The molecule has 1 aromatic carbocycles. The first-order chi connectivity index (χ1) is 7.99. The van der Waals surface area contributed by atoms with Crippen molar-refractivity contribution in [2.75, 3.05) is 20.3 Å². The van der Waals surface area contributed by atoms with E-state index in [4.69, 9.17) is 9.47 Å². The van der Waals surface area contributed by atoms with Crippen molar-refractivity contribution in [3.63, 3.8) is 0 Å². The lowest BCUT2D eigenvalue weighted by Crippen LogP contribution is -2.12. The van der Waals surface area contributed by atoms with E-state index in [2.05, 4.69) is 0 Å². The molecule has 0 saturated heterocycles. The fraction of sp³-hybridized carbons (Fsp3) is 0.500. The van der Waals surface area contributed by atoms with E-state index in [-0.39, 0.29) is 19.0 Å². The molecule has 17 heavy (non-hydrogen) atoms. The average Bonchev–Trinajstić information content (AvgIpc) is 2.28. The summed E-state index contributed by atoms with van der Waals surface area (Å²) in [4.78, 5) is 0. The van der Waals surface area contributed by atoms with Gasteiger partial charge in [0.25, 0.3) is 0 Å². The Balaban J connectivity index is 2.95. The van der Waals surface area contributed by atoms with Gasteiger partial charge in [0.15, 0.2) is 0 Å². The van der Waals surface area contributed by atoms with Gasteiger partial charge in [0, 0.05) is 7.11 Å². The highest BCUT2D eigenvalue weighted by atomic mass is 19.4. The van der Waals surface area contributed by atoms with Gasteiger partial charge in [-0.15, -0.1) is 0 Å². The number of aryl methyl sites for hydroxylation is 1. The van der Waals surface area contributed by atoms with Gasteiger partial charge in [0.1, 0.15) is 12.4 Å². The smallest absolute Gasteiger partial charge is 0.419 e. The molecular weight excluding hydrogens is 233 g/mol. The SMILES string of the molecule is CCc1ccc(OCCOC)c(C(F)(F)F)c1. The van der Waals surface area contributed by atoms with Crippen LogP contribution in [-0.2, 0) is 17.3 Å². The van der Waals surface area contributed by atoms with Gasteiger partial charge in [-0.2, -0.15) is 13.2 Å². The number of benzene rings is 1. The zero-order valence-corrected chi connectivity index (χ0v) is 9.80. The van der Waals surface area contributed by atoms with Gasteiger partial charge in [0.05, 0.1) is 12.2 Å². The maximum atomic E-state index is 12.8. The third-order valence-electron chi connectivity index (χ3n) is 2.30. The first-order valence-corrected chi connectivity index (χ1v) is 5.31. The standard InChI is InChI=1S/C12H15F3O2/c1-3-9-4-5-11(17-7-6-16-2)10(8-9)12(13,14)15/h4-5,8H,3,6-7H2,1-2H3. The number of ether oxygens (including phenoxy) is 2. The third-order valence-corrected chi connectivity index (χ3v) is 2.30. The summed E-state index contributed by atoms with van der Waals surface area (Å²) in [5, 5.41) is 0. The molecule has 0 aliphatic carbocycles. The fourth-order valence-electron chi connectivity index (χ4n) is 1.38. The van der Waals surface area contributed by atoms with Crippen molar-refractivity contribution in [2.24, 2.45) is 0 Å². The lowest BCUT2D eigenvalue weighted by atomic mass is 10.1. The predicted molar refractivity (Wildman–Crippen MR) is 58.2 cm³/mol. The number of methoxy groups -OCH3 is 1. The molecule has 0 unspecified atom stereocenters. The van der Waals surface area contributed by atoms with Crippen molar-refractivity contribution in [2.45, 2.75) is 19.5 Å². The maximum Gasteiger partial charge on any atom is 0.419 e. The van der Waals surface area contributed by atoms with Gasteiger partial charge in [-0.05, 0) is 24.1 Å². The van der Waals surface area contributed by atoms with Crippen molar-refractivity contribution in [3.8, 4) is 5.75 Å². The Morgan fingerprint density at radius 2 is 1.88 bits per heavy atom. The molecule has 0 aliphatic rings. The zero-order chi connectivity index (χ0) is 12.9. The van der Waals surface area contributed by atoms with Crippen LogP contribution in [0.1, 0.15) is 18.1 Å². The summed E-state index contributed by atoms with van der Waals surface area (Å²) in [5.74, 6) is -0.147. The van der Waals surface area contributed by atoms with Crippen LogP contribution in [0, 0.1) is 0 Å². The van der Waals surface area contributed by atoms with E-state index in [9.17, 15) is 13.2 Å². The monoisotopic (exact) mass is 248 g/mol. The van der Waals surface area contributed by atoms with Crippen LogP contribution < -0.4 is 4.74 Å². The van der Waals surface area contributed by atoms with E-state index >= 15 is 0 Å². The summed E-state index contributed by atoms with van der Waals surface area (Å²) in [6.07, 6.45) is -3.84. The topological polar surface area (TPSA) is 18.5 Å². The van der Waals surface area contributed by atoms with Gasteiger partial charge in [-0.25, -0.2) is 0 Å². The Hall–Kier alpha value is -1.23. The second-order valence-electron chi connectivity index (χ2n) is 3.52. The van der Waals surface area contributed by atoms with E-state index in [1.807, 2.05) is 0 Å². The summed E-state index contributed by atoms with van der Waals surface area (Å²) in [6.45, 7) is 2.17. The van der Waals surface area contributed by atoms with Crippen molar-refractivity contribution < 1.29 is 22.6 Å². The van der Waals surface area contributed by atoms with Crippen LogP contribution in [-0.4, -0.2) is 20.3 Å². The Labute approximate surface area is 98.3 Å². The van der Waals surface area contributed by atoms with Crippen LogP contribution in [0.5, 0.6) is 5.75 Å². The summed E-state index contributed by atoms with van der Waals surface area (Å²) in [7, 11) is 1.47. The molecule has 5 heteroatoms. The first kappa shape index (κ1) is 13.8. The Kier molecular flexibility index (Phi) is 4.81. The van der Waals surface area contributed by atoms with Gasteiger partial charge >= 0.3 is 6.18 Å². The first-order valence-electron chi connectivity index (χ1n) is 5.31. The van der Waals surface area contributed by atoms with Gasteiger partial charge in [0.2, 0.25) is 0 Å². The maximum absolute atomic E-state index is 12.8. The predicted octanol–water partition coefficient (Wildman–Crippen LogP) is 3.29. The lowest BCUT2D eigenvalue weighted by Gasteiger charge is -2.14. The van der Waals surface area contributed by atoms with Crippen LogP contribution in [0.2, 0.25) is 0 Å². The normalized spacial score (nSPS) is 11.6. The second kappa shape index (κ2) is 5.91. The molecule has 0 aliphatic heterocycles. The van der Waals surface area contributed by atoms with E-state index in [1.54, 1.807) is 13.0 Å². The van der Waals surface area contributed by atoms with Crippen molar-refractivity contribution in [3.05, 3.63) is 29.3 Å². The van der Waals surface area contributed by atoms with Crippen LogP contribution in [0.3, 0.4) is 0 Å². The van der Waals surface area contributed by atoms with Crippen molar-refractivity contribution in [1.29, 1.82) is 0 Å². The Morgan fingerprint density at radius 1 is 1.18 bits per heavy atom. The summed E-state index contributed by atoms with van der Waals surface area (Å²) in [6, 6.07) is 4.12. The molecule has 0 fully saturated rings. The number of hydrogen-bond acceptors (Lipinski definition) is 2. The van der Waals surface area contributed by atoms with Crippen LogP contribution in [0.15, 0.2) is 18.2 Å². The summed E-state index contributed by atoms with van der Waals surface area (Å²) >= 11 is 0. The molecule has 1 aromatic rings. The highest BCUT2D eigenvalue weighted by Gasteiger charge is 2.34. The van der Waals surface area contributed by atoms with Gasteiger partial charge < -0.3 is 9.47 Å². The minimum absolute atomic E-state index is 0.102. The largest absolute Gasteiger partial charge is 0.491 e. The van der Waals surface area contributed by atoms with Gasteiger partial charge in [-0.1, -0.05) is 13.0 Å². The molecule has 0 saturated carbocycles. The third kappa shape index (κ3) is 3.93. The average molecular weight is 248 g/mol. The summed E-state index contributed by atoms with van der Waals surface area (Å²) < 4.78 is 48.1. The number of rotatable bonds is 5. The molecule has 96 valence electrons. The molecule has 0 aromatic heterocycles. The lowest BCUT2D eigenvalue weighted by molar-refractivity contribution is -0.139. The Bertz CT molecular complexity index is 361. The number of hydrogen-bond donors (Lipinski definition) is 0. The molecule has 0 atom stereocenters. The van der Waals surface area contributed by atoms with Crippen LogP contribution in [0.25, 0.3) is 0 Å². The fourth-order valence-corrected chi connectivity index (χ4v) is 1.38. The minimum atomic E-state index is -4.40. The van der Waals surface area contributed by atoms with Gasteiger partial charge in [-0.3, -0.25) is 0 Å². The number of halogens is 3. The minimum Gasteiger partial charge on any atom is -0.491 e. The molecule has 1 rings (SSSR count).